The predicted molar refractivity (Wildman–Crippen MR) is 145 cm³/mol. The first-order chi connectivity index (χ1) is 17.9. The number of hydrogen-bond acceptors (Lipinski definition) is 6. The Labute approximate surface area is 218 Å². The van der Waals surface area contributed by atoms with Crippen LogP contribution in [0.1, 0.15) is 25.0 Å². The predicted octanol–water partition coefficient (Wildman–Crippen LogP) is 6.32. The van der Waals surface area contributed by atoms with Crippen molar-refractivity contribution in [3.8, 4) is 11.1 Å². The van der Waals surface area contributed by atoms with Gasteiger partial charge in [-0.25, -0.2) is 14.2 Å². The fraction of sp³-hybridized carbons (Fsp3) is 0.138. The molecule has 1 amide bonds. The molecule has 3 aromatic carbocycles. The van der Waals surface area contributed by atoms with Gasteiger partial charge in [0, 0.05) is 11.6 Å². The third-order valence-corrected chi connectivity index (χ3v) is 6.47. The zero-order valence-electron chi connectivity index (χ0n) is 20.6. The number of allylic oxidation sites excluding steroid dienone is 1. The molecule has 0 radical (unpaired) electrons. The SMILES string of the molecule is CCOC(=O)C(=C(C)OC)c1ccc(N=C2NC(=O)C(=Cc3ccc(-c4ccccc4)cc3)S2)cc1F. The molecule has 3 aromatic rings. The zero-order valence-corrected chi connectivity index (χ0v) is 21.4. The lowest BCUT2D eigenvalue weighted by Gasteiger charge is -2.12. The fourth-order valence-corrected chi connectivity index (χ4v) is 4.52. The Kier molecular flexibility index (Phi) is 8.20. The molecule has 0 aliphatic carbocycles. The lowest BCUT2D eigenvalue weighted by molar-refractivity contribution is -0.136. The van der Waals surface area contributed by atoms with Crippen LogP contribution in [0.3, 0.4) is 0 Å². The maximum Gasteiger partial charge on any atom is 0.342 e. The van der Waals surface area contributed by atoms with E-state index in [1.165, 1.54) is 31.0 Å². The number of hydrogen-bond donors (Lipinski definition) is 1. The summed E-state index contributed by atoms with van der Waals surface area (Å²) in [5.74, 6) is -1.38. The number of thioether (sulfide) groups is 1. The van der Waals surface area contributed by atoms with E-state index in [0.717, 1.165) is 16.7 Å². The Balaban J connectivity index is 1.53. The molecule has 0 unspecified atom stereocenters. The van der Waals surface area contributed by atoms with Crippen molar-refractivity contribution in [2.24, 2.45) is 4.99 Å². The van der Waals surface area contributed by atoms with Gasteiger partial charge in [0.1, 0.15) is 17.1 Å². The van der Waals surface area contributed by atoms with Gasteiger partial charge in [0.05, 0.1) is 24.3 Å². The molecule has 0 saturated carbocycles. The molecule has 1 heterocycles. The van der Waals surface area contributed by atoms with Crippen LogP contribution in [0.4, 0.5) is 10.1 Å². The molecule has 1 aliphatic rings. The molecule has 6 nitrogen and oxygen atoms in total. The lowest BCUT2D eigenvalue weighted by Crippen LogP contribution is -2.19. The standard InChI is InChI=1S/C29H25FN2O4S/c1-4-36-28(34)26(18(2)35-3)23-15-14-22(17-24(23)30)31-29-32-27(33)25(37-29)16-19-10-12-21(13-11-19)20-8-6-5-7-9-20/h5-17H,4H2,1-3H3,(H,31,32,33). The first-order valence-corrected chi connectivity index (χ1v) is 12.4. The number of halogens is 1. The largest absolute Gasteiger partial charge is 0.500 e. The summed E-state index contributed by atoms with van der Waals surface area (Å²) in [6, 6.07) is 22.1. The molecule has 8 heteroatoms. The van der Waals surface area contributed by atoms with Gasteiger partial charge in [-0.1, -0.05) is 54.6 Å². The molecule has 1 aliphatic heterocycles. The molecule has 188 valence electrons. The second-order valence-corrected chi connectivity index (χ2v) is 9.02. The van der Waals surface area contributed by atoms with Gasteiger partial charge in [-0.15, -0.1) is 0 Å². The Morgan fingerprint density at radius 3 is 2.41 bits per heavy atom. The lowest BCUT2D eigenvalue weighted by atomic mass is 10.0. The minimum atomic E-state index is -0.676. The third-order valence-electron chi connectivity index (χ3n) is 5.56. The maximum absolute atomic E-state index is 15.0. The molecule has 0 spiro atoms. The number of rotatable bonds is 7. The van der Waals surface area contributed by atoms with E-state index in [9.17, 15) is 14.0 Å². The van der Waals surface area contributed by atoms with Crippen LogP contribution in [-0.4, -0.2) is 30.8 Å². The minimum absolute atomic E-state index is 0.00750. The number of esters is 1. The van der Waals surface area contributed by atoms with Crippen LogP contribution in [0.15, 0.2) is 88.5 Å². The highest BCUT2D eigenvalue weighted by atomic mass is 32.2. The highest BCUT2D eigenvalue weighted by molar-refractivity contribution is 8.18. The molecule has 0 bridgehead atoms. The second-order valence-electron chi connectivity index (χ2n) is 7.99. The third kappa shape index (κ3) is 6.16. The first-order valence-electron chi connectivity index (χ1n) is 11.6. The van der Waals surface area contributed by atoms with E-state index < -0.39 is 11.8 Å². The monoisotopic (exact) mass is 516 g/mol. The van der Waals surface area contributed by atoms with E-state index in [1.807, 2.05) is 54.6 Å². The van der Waals surface area contributed by atoms with Crippen LogP contribution < -0.4 is 5.32 Å². The summed E-state index contributed by atoms with van der Waals surface area (Å²) in [6.45, 7) is 3.38. The summed E-state index contributed by atoms with van der Waals surface area (Å²) in [7, 11) is 1.40. The number of methoxy groups -OCH3 is 1. The first kappa shape index (κ1) is 25.9. The molecule has 37 heavy (non-hydrogen) atoms. The Hall–Kier alpha value is -4.17. The summed E-state index contributed by atoms with van der Waals surface area (Å²) >= 11 is 1.17. The number of aliphatic imine (C=N–C) groups is 1. The van der Waals surface area contributed by atoms with Crippen molar-refractivity contribution in [3.63, 3.8) is 0 Å². The van der Waals surface area contributed by atoms with Gasteiger partial charge in [-0.3, -0.25) is 4.79 Å². The van der Waals surface area contributed by atoms with Crippen molar-refractivity contribution >= 4 is 46.1 Å². The summed E-state index contributed by atoms with van der Waals surface area (Å²) in [5, 5.41) is 3.04. The highest BCUT2D eigenvalue weighted by Gasteiger charge is 2.25. The van der Waals surface area contributed by atoms with Crippen LogP contribution in [-0.2, 0) is 19.1 Å². The molecule has 4 rings (SSSR count). The Morgan fingerprint density at radius 2 is 1.76 bits per heavy atom. The second kappa shape index (κ2) is 11.7. The van der Waals surface area contributed by atoms with Gasteiger partial charge in [-0.2, -0.15) is 0 Å². The van der Waals surface area contributed by atoms with Gasteiger partial charge in [0.2, 0.25) is 0 Å². The van der Waals surface area contributed by atoms with Crippen molar-refractivity contribution in [1.82, 2.24) is 5.32 Å². The zero-order chi connectivity index (χ0) is 26.4. The summed E-state index contributed by atoms with van der Waals surface area (Å²) < 4.78 is 25.2. The minimum Gasteiger partial charge on any atom is -0.500 e. The highest BCUT2D eigenvalue weighted by Crippen LogP contribution is 2.31. The van der Waals surface area contributed by atoms with Crippen molar-refractivity contribution in [3.05, 3.63) is 100 Å². The normalized spacial score (nSPS) is 15.9. The number of carbonyl (C=O) groups excluding carboxylic acids is 2. The van der Waals surface area contributed by atoms with Crippen LogP contribution >= 0.6 is 11.8 Å². The van der Waals surface area contributed by atoms with Gasteiger partial charge in [-0.05, 0) is 60.5 Å². The molecule has 1 fully saturated rings. The molecule has 1 saturated heterocycles. The number of amides is 1. The van der Waals surface area contributed by atoms with Crippen LogP contribution in [0, 0.1) is 5.82 Å². The number of nitrogens with zero attached hydrogens (tertiary/aromatic N) is 1. The van der Waals surface area contributed by atoms with Gasteiger partial charge < -0.3 is 14.8 Å². The van der Waals surface area contributed by atoms with Gasteiger partial charge >= 0.3 is 5.97 Å². The average Bonchev–Trinajstić information content (AvgIpc) is 3.24. The van der Waals surface area contributed by atoms with Gasteiger partial charge in [0.15, 0.2) is 5.17 Å². The maximum atomic E-state index is 15.0. The van der Waals surface area contributed by atoms with Gasteiger partial charge in [0.25, 0.3) is 5.91 Å². The average molecular weight is 517 g/mol. The van der Waals surface area contributed by atoms with Crippen molar-refractivity contribution in [2.45, 2.75) is 13.8 Å². The quantitative estimate of drug-likeness (QED) is 0.226. The smallest absolute Gasteiger partial charge is 0.342 e. The summed E-state index contributed by atoms with van der Waals surface area (Å²) in [4.78, 5) is 29.7. The molecular formula is C29H25FN2O4S. The number of benzene rings is 3. The van der Waals surface area contributed by atoms with E-state index >= 15 is 0 Å². The number of nitrogens with one attached hydrogen (secondary N) is 1. The number of carbonyl (C=O) groups is 2. The number of amidine groups is 1. The Morgan fingerprint density at radius 1 is 1.05 bits per heavy atom. The van der Waals surface area contributed by atoms with E-state index in [4.69, 9.17) is 9.47 Å². The molecule has 1 N–H and O–H groups in total. The van der Waals surface area contributed by atoms with Crippen molar-refractivity contribution in [2.75, 3.05) is 13.7 Å². The summed E-state index contributed by atoms with van der Waals surface area (Å²) in [5.41, 5.74) is 3.42. The molecular weight excluding hydrogens is 491 g/mol. The fourth-order valence-electron chi connectivity index (χ4n) is 3.68. The van der Waals surface area contributed by atoms with E-state index in [-0.39, 0.29) is 35.1 Å². The van der Waals surface area contributed by atoms with Crippen molar-refractivity contribution < 1.29 is 23.5 Å². The van der Waals surface area contributed by atoms with E-state index in [1.54, 1.807) is 26.0 Å². The Bertz CT molecular complexity index is 1410. The van der Waals surface area contributed by atoms with E-state index in [0.29, 0.717) is 10.1 Å². The van der Waals surface area contributed by atoms with E-state index in [2.05, 4.69) is 10.3 Å². The van der Waals surface area contributed by atoms with Crippen LogP contribution in [0.25, 0.3) is 22.8 Å². The van der Waals surface area contributed by atoms with Crippen molar-refractivity contribution in [1.29, 1.82) is 0 Å². The van der Waals surface area contributed by atoms with Crippen LogP contribution in [0.2, 0.25) is 0 Å². The number of ether oxygens (including phenoxy) is 2. The summed E-state index contributed by atoms with van der Waals surface area (Å²) in [6.07, 6.45) is 1.78. The topological polar surface area (TPSA) is 77.0 Å². The molecule has 0 aromatic heterocycles. The van der Waals surface area contributed by atoms with Crippen LogP contribution in [0.5, 0.6) is 0 Å². The molecule has 0 atom stereocenters.